The number of rotatable bonds is 4. The molecule has 19 heavy (non-hydrogen) atoms. The Balaban J connectivity index is 2.18. The summed E-state index contributed by atoms with van der Waals surface area (Å²) in [6.45, 7) is 3.57. The maximum absolute atomic E-state index is 10.8. The molecule has 0 bridgehead atoms. The van der Waals surface area contributed by atoms with Crippen molar-refractivity contribution in [2.75, 3.05) is 25.1 Å². The molecule has 0 saturated carbocycles. The fourth-order valence-corrected chi connectivity index (χ4v) is 2.48. The number of ether oxygens (including phenoxy) is 1. The van der Waals surface area contributed by atoms with Crippen molar-refractivity contribution in [3.63, 3.8) is 0 Å². The van der Waals surface area contributed by atoms with E-state index in [2.05, 4.69) is 17.1 Å². The molecule has 1 aromatic rings. The molecule has 0 spiro atoms. The lowest BCUT2D eigenvalue weighted by molar-refractivity contribution is -0.137. The molecule has 0 aromatic heterocycles. The Labute approximate surface area is 113 Å². The van der Waals surface area contributed by atoms with Gasteiger partial charge in [-0.3, -0.25) is 4.79 Å². The second kappa shape index (κ2) is 5.93. The molecule has 1 heterocycles. The zero-order chi connectivity index (χ0) is 13.8. The van der Waals surface area contributed by atoms with Crippen LogP contribution in [0, 0.1) is 0 Å². The van der Waals surface area contributed by atoms with E-state index >= 15 is 0 Å². The summed E-state index contributed by atoms with van der Waals surface area (Å²) < 4.78 is 5.38. The van der Waals surface area contributed by atoms with Gasteiger partial charge in [-0.05, 0) is 19.1 Å². The zero-order valence-electron chi connectivity index (χ0n) is 11.3. The van der Waals surface area contributed by atoms with Gasteiger partial charge in [0.25, 0.3) is 0 Å². The van der Waals surface area contributed by atoms with Crippen LogP contribution >= 0.6 is 0 Å². The number of nitrogens with zero attached hydrogens (tertiary/aromatic N) is 1. The van der Waals surface area contributed by atoms with Crippen LogP contribution in [0.2, 0.25) is 0 Å². The molecule has 0 radical (unpaired) electrons. The lowest BCUT2D eigenvalue weighted by atomic mass is 10.1. The van der Waals surface area contributed by atoms with Crippen LogP contribution in [0.3, 0.4) is 0 Å². The highest BCUT2D eigenvalue weighted by Gasteiger charge is 2.27. The molecule has 5 nitrogen and oxygen atoms in total. The molecule has 1 aliphatic heterocycles. The molecule has 0 aliphatic carbocycles. The molecule has 1 aliphatic rings. The number of hydrogen-bond acceptors (Lipinski definition) is 4. The molecule has 1 saturated heterocycles. The summed E-state index contributed by atoms with van der Waals surface area (Å²) in [7, 11) is 1.65. The Bertz CT molecular complexity index is 450. The topological polar surface area (TPSA) is 61.8 Å². The van der Waals surface area contributed by atoms with E-state index in [4.69, 9.17) is 9.84 Å². The van der Waals surface area contributed by atoms with Crippen molar-refractivity contribution < 1.29 is 14.6 Å². The number of carboxylic acids is 1. The lowest BCUT2D eigenvalue weighted by Crippen LogP contribution is -2.56. The first kappa shape index (κ1) is 13.7. The van der Waals surface area contributed by atoms with Crippen molar-refractivity contribution in [3.8, 4) is 5.75 Å². The van der Waals surface area contributed by atoms with Gasteiger partial charge in [0, 0.05) is 25.2 Å². The van der Waals surface area contributed by atoms with Crippen LogP contribution in [0.15, 0.2) is 24.3 Å². The molecular weight excluding hydrogens is 244 g/mol. The van der Waals surface area contributed by atoms with Crippen LogP contribution in [0.4, 0.5) is 5.69 Å². The van der Waals surface area contributed by atoms with E-state index in [1.807, 2.05) is 24.3 Å². The fraction of sp³-hybridized carbons (Fsp3) is 0.500. The third kappa shape index (κ3) is 3.17. The number of anilines is 1. The summed E-state index contributed by atoms with van der Waals surface area (Å²) in [5, 5.41) is 12.2. The zero-order valence-corrected chi connectivity index (χ0v) is 11.3. The predicted molar refractivity (Wildman–Crippen MR) is 73.8 cm³/mol. The minimum Gasteiger partial charge on any atom is -0.495 e. The number of piperazine rings is 1. The molecule has 0 amide bonds. The molecular formula is C14H20N2O3. The van der Waals surface area contributed by atoms with Crippen molar-refractivity contribution in [1.82, 2.24) is 5.32 Å². The third-order valence-corrected chi connectivity index (χ3v) is 3.47. The summed E-state index contributed by atoms with van der Waals surface area (Å²) in [5.41, 5.74) is 1.02. The first-order valence-corrected chi connectivity index (χ1v) is 6.46. The molecule has 2 rings (SSSR count). The van der Waals surface area contributed by atoms with Crippen LogP contribution in [-0.2, 0) is 4.79 Å². The highest BCUT2D eigenvalue weighted by molar-refractivity contribution is 5.68. The number of carbonyl (C=O) groups is 1. The van der Waals surface area contributed by atoms with Crippen molar-refractivity contribution in [3.05, 3.63) is 24.3 Å². The van der Waals surface area contributed by atoms with Gasteiger partial charge >= 0.3 is 5.97 Å². The summed E-state index contributed by atoms with van der Waals surface area (Å²) in [6, 6.07) is 8.12. The van der Waals surface area contributed by atoms with E-state index in [9.17, 15) is 4.79 Å². The van der Waals surface area contributed by atoms with Gasteiger partial charge < -0.3 is 20.1 Å². The Kier molecular flexibility index (Phi) is 4.27. The summed E-state index contributed by atoms with van der Waals surface area (Å²) in [4.78, 5) is 13.0. The molecule has 2 atom stereocenters. The average Bonchev–Trinajstić information content (AvgIpc) is 2.40. The van der Waals surface area contributed by atoms with Crippen LogP contribution in [-0.4, -0.2) is 43.4 Å². The second-order valence-electron chi connectivity index (χ2n) is 4.88. The number of hydrogen-bond donors (Lipinski definition) is 2. The highest BCUT2D eigenvalue weighted by atomic mass is 16.5. The normalized spacial score (nSPS) is 23.2. The van der Waals surface area contributed by atoms with E-state index < -0.39 is 5.97 Å². The fourth-order valence-electron chi connectivity index (χ4n) is 2.48. The van der Waals surface area contributed by atoms with Gasteiger partial charge in [0.15, 0.2) is 0 Å². The number of benzene rings is 1. The summed E-state index contributed by atoms with van der Waals surface area (Å²) in [5.74, 6) is 0.0531. The molecule has 5 heteroatoms. The molecule has 104 valence electrons. The van der Waals surface area contributed by atoms with Crippen LogP contribution < -0.4 is 15.0 Å². The third-order valence-electron chi connectivity index (χ3n) is 3.47. The van der Waals surface area contributed by atoms with Gasteiger partial charge in [-0.2, -0.15) is 0 Å². The molecule has 1 aromatic carbocycles. The van der Waals surface area contributed by atoms with Crippen molar-refractivity contribution in [1.29, 1.82) is 0 Å². The van der Waals surface area contributed by atoms with Gasteiger partial charge in [0.05, 0.1) is 19.2 Å². The second-order valence-corrected chi connectivity index (χ2v) is 4.88. The number of methoxy groups -OCH3 is 1. The number of carboxylic acid groups (broad SMARTS) is 1. The van der Waals surface area contributed by atoms with Crippen molar-refractivity contribution in [2.24, 2.45) is 0 Å². The quantitative estimate of drug-likeness (QED) is 0.859. The number of nitrogens with one attached hydrogen (secondary N) is 1. The monoisotopic (exact) mass is 264 g/mol. The minimum atomic E-state index is -0.771. The molecule has 2 N–H and O–H groups in total. The molecule has 1 fully saturated rings. The first-order chi connectivity index (χ1) is 9.11. The van der Waals surface area contributed by atoms with Gasteiger partial charge in [-0.15, -0.1) is 0 Å². The first-order valence-electron chi connectivity index (χ1n) is 6.46. The largest absolute Gasteiger partial charge is 0.495 e. The summed E-state index contributed by atoms with van der Waals surface area (Å²) in [6.07, 6.45) is 0.137. The van der Waals surface area contributed by atoms with E-state index in [1.165, 1.54) is 0 Å². The maximum atomic E-state index is 10.8. The van der Waals surface area contributed by atoms with Gasteiger partial charge in [0.2, 0.25) is 0 Å². The van der Waals surface area contributed by atoms with Gasteiger partial charge in [-0.25, -0.2) is 0 Å². The standard InChI is InChI=1S/C14H20N2O3/c1-10-8-15-11(7-14(17)18)9-16(10)12-5-3-4-6-13(12)19-2/h3-6,10-11,15H,7-9H2,1-2H3,(H,17,18). The van der Waals surface area contributed by atoms with E-state index in [0.717, 1.165) is 18.0 Å². The Morgan fingerprint density at radius 3 is 2.95 bits per heavy atom. The number of aliphatic carboxylic acids is 1. The average molecular weight is 264 g/mol. The Morgan fingerprint density at radius 1 is 1.53 bits per heavy atom. The van der Waals surface area contributed by atoms with E-state index in [-0.39, 0.29) is 12.5 Å². The molecule has 2 unspecified atom stereocenters. The van der Waals surface area contributed by atoms with Crippen molar-refractivity contribution in [2.45, 2.75) is 25.4 Å². The lowest BCUT2D eigenvalue weighted by Gasteiger charge is -2.40. The van der Waals surface area contributed by atoms with Gasteiger partial charge in [-0.1, -0.05) is 12.1 Å². The van der Waals surface area contributed by atoms with Crippen LogP contribution in [0.1, 0.15) is 13.3 Å². The van der Waals surface area contributed by atoms with Crippen LogP contribution in [0.5, 0.6) is 5.75 Å². The minimum absolute atomic E-state index is 0.0291. The SMILES string of the molecule is COc1ccccc1N1CC(CC(=O)O)NCC1C. The van der Waals surface area contributed by atoms with E-state index in [1.54, 1.807) is 7.11 Å². The van der Waals surface area contributed by atoms with Crippen molar-refractivity contribution >= 4 is 11.7 Å². The maximum Gasteiger partial charge on any atom is 0.304 e. The smallest absolute Gasteiger partial charge is 0.304 e. The summed E-state index contributed by atoms with van der Waals surface area (Å²) >= 11 is 0. The van der Waals surface area contributed by atoms with E-state index in [0.29, 0.717) is 12.6 Å². The van der Waals surface area contributed by atoms with Crippen LogP contribution in [0.25, 0.3) is 0 Å². The number of para-hydroxylation sites is 2. The Hall–Kier alpha value is -1.75. The Morgan fingerprint density at radius 2 is 2.26 bits per heavy atom. The van der Waals surface area contributed by atoms with Gasteiger partial charge in [0.1, 0.15) is 5.75 Å². The highest BCUT2D eigenvalue weighted by Crippen LogP contribution is 2.30. The predicted octanol–water partition coefficient (Wildman–Crippen LogP) is 1.34.